The summed E-state index contributed by atoms with van der Waals surface area (Å²) in [7, 11) is 1.70. The zero-order chi connectivity index (χ0) is 16.8. The summed E-state index contributed by atoms with van der Waals surface area (Å²) in [6.45, 7) is 1.93. The van der Waals surface area contributed by atoms with E-state index in [1.807, 2.05) is 12.1 Å². The first kappa shape index (κ1) is 17.3. The standard InChI is InChI=1S/C20H30N2O2/c1-24-18-10-6-7-16(15-18)19-11-13-22(19)14-12-20(23)21-17-8-4-2-3-5-9-17/h6-7,10,15,17,19H,2-5,8-9,11-14H2,1H3,(H,21,23)/t19-/m1/s1. The second kappa shape index (κ2) is 8.52. The van der Waals surface area contributed by atoms with E-state index in [9.17, 15) is 4.79 Å². The van der Waals surface area contributed by atoms with E-state index in [0.717, 1.165) is 38.1 Å². The molecule has 1 heterocycles. The van der Waals surface area contributed by atoms with Gasteiger partial charge in [-0.25, -0.2) is 0 Å². The number of carbonyl (C=O) groups is 1. The number of carbonyl (C=O) groups excluding carboxylic acids is 1. The molecular weight excluding hydrogens is 300 g/mol. The maximum Gasteiger partial charge on any atom is 0.221 e. The van der Waals surface area contributed by atoms with Crippen molar-refractivity contribution in [1.82, 2.24) is 10.2 Å². The number of ether oxygens (including phenoxy) is 1. The highest BCUT2D eigenvalue weighted by molar-refractivity contribution is 5.76. The van der Waals surface area contributed by atoms with Gasteiger partial charge in [-0.3, -0.25) is 9.69 Å². The second-order valence-electron chi connectivity index (χ2n) is 7.12. The fourth-order valence-electron chi connectivity index (χ4n) is 3.90. The summed E-state index contributed by atoms with van der Waals surface area (Å²) < 4.78 is 5.32. The minimum absolute atomic E-state index is 0.221. The molecule has 4 heteroatoms. The first-order valence-corrected chi connectivity index (χ1v) is 9.43. The number of nitrogens with zero attached hydrogens (tertiary/aromatic N) is 1. The molecule has 132 valence electrons. The summed E-state index contributed by atoms with van der Waals surface area (Å²) in [4.78, 5) is 14.7. The predicted molar refractivity (Wildman–Crippen MR) is 96.2 cm³/mol. The Labute approximate surface area is 145 Å². The Morgan fingerprint density at radius 2 is 2.00 bits per heavy atom. The van der Waals surface area contributed by atoms with Crippen molar-refractivity contribution in [2.45, 2.75) is 63.5 Å². The van der Waals surface area contributed by atoms with E-state index in [4.69, 9.17) is 4.74 Å². The predicted octanol–water partition coefficient (Wildman–Crippen LogP) is 3.67. The Hall–Kier alpha value is -1.55. The molecule has 0 spiro atoms. The zero-order valence-electron chi connectivity index (χ0n) is 14.8. The van der Waals surface area contributed by atoms with Crippen molar-refractivity contribution >= 4 is 5.91 Å². The highest BCUT2D eigenvalue weighted by Crippen LogP contribution is 2.34. The number of nitrogens with one attached hydrogen (secondary N) is 1. The number of likely N-dealkylation sites (tertiary alicyclic amines) is 1. The molecule has 24 heavy (non-hydrogen) atoms. The van der Waals surface area contributed by atoms with E-state index in [-0.39, 0.29) is 5.91 Å². The molecule has 2 fully saturated rings. The molecule has 1 atom stereocenters. The minimum Gasteiger partial charge on any atom is -0.497 e. The average molecular weight is 330 g/mol. The van der Waals surface area contributed by atoms with E-state index in [2.05, 4.69) is 22.3 Å². The lowest BCUT2D eigenvalue weighted by Crippen LogP contribution is -2.43. The molecule has 0 unspecified atom stereocenters. The van der Waals surface area contributed by atoms with E-state index >= 15 is 0 Å². The molecule has 1 amide bonds. The molecule has 2 aliphatic rings. The third-order valence-corrected chi connectivity index (χ3v) is 5.46. The molecule has 1 N–H and O–H groups in total. The van der Waals surface area contributed by atoms with E-state index < -0.39 is 0 Å². The van der Waals surface area contributed by atoms with E-state index in [1.165, 1.54) is 31.2 Å². The third-order valence-electron chi connectivity index (χ3n) is 5.46. The number of methoxy groups -OCH3 is 1. The van der Waals surface area contributed by atoms with Gasteiger partial charge in [-0.15, -0.1) is 0 Å². The van der Waals surface area contributed by atoms with Crippen LogP contribution in [0.3, 0.4) is 0 Å². The van der Waals surface area contributed by atoms with Crippen molar-refractivity contribution in [3.05, 3.63) is 29.8 Å². The van der Waals surface area contributed by atoms with Crippen LogP contribution in [0.4, 0.5) is 0 Å². The summed E-state index contributed by atoms with van der Waals surface area (Å²) >= 11 is 0. The summed E-state index contributed by atoms with van der Waals surface area (Å²) in [5.41, 5.74) is 1.30. The van der Waals surface area contributed by atoms with Gasteiger partial charge in [0.15, 0.2) is 0 Å². The van der Waals surface area contributed by atoms with Crippen molar-refractivity contribution in [2.24, 2.45) is 0 Å². The molecule has 1 aliphatic heterocycles. The molecule has 0 radical (unpaired) electrons. The van der Waals surface area contributed by atoms with Gasteiger partial charge in [-0.05, 0) is 37.0 Å². The highest BCUT2D eigenvalue weighted by Gasteiger charge is 2.29. The summed E-state index contributed by atoms with van der Waals surface area (Å²) in [6, 6.07) is 9.14. The van der Waals surface area contributed by atoms with Gasteiger partial charge in [0, 0.05) is 31.6 Å². The van der Waals surface area contributed by atoms with E-state index in [1.54, 1.807) is 7.11 Å². The Morgan fingerprint density at radius 1 is 1.21 bits per heavy atom. The van der Waals surface area contributed by atoms with Gasteiger partial charge in [0.1, 0.15) is 5.75 Å². The maximum absolute atomic E-state index is 12.3. The smallest absolute Gasteiger partial charge is 0.221 e. The lowest BCUT2D eigenvalue weighted by atomic mass is 9.94. The molecule has 1 aliphatic carbocycles. The summed E-state index contributed by atoms with van der Waals surface area (Å²) in [6.07, 6.45) is 9.24. The van der Waals surface area contributed by atoms with Gasteiger partial charge in [0.05, 0.1) is 7.11 Å². The third kappa shape index (κ3) is 4.50. The fourth-order valence-corrected chi connectivity index (χ4v) is 3.90. The van der Waals surface area contributed by atoms with Gasteiger partial charge < -0.3 is 10.1 Å². The molecule has 0 bridgehead atoms. The Kier molecular flexibility index (Phi) is 6.13. The lowest BCUT2D eigenvalue weighted by Gasteiger charge is -2.41. The summed E-state index contributed by atoms with van der Waals surface area (Å²) in [5, 5.41) is 3.25. The zero-order valence-corrected chi connectivity index (χ0v) is 14.8. The maximum atomic E-state index is 12.3. The molecule has 1 aromatic carbocycles. The van der Waals surface area contributed by atoms with Gasteiger partial charge in [-0.1, -0.05) is 37.8 Å². The fraction of sp³-hybridized carbons (Fsp3) is 0.650. The molecular formula is C20H30N2O2. The van der Waals surface area contributed by atoms with Crippen LogP contribution in [-0.2, 0) is 4.79 Å². The second-order valence-corrected chi connectivity index (χ2v) is 7.12. The SMILES string of the molecule is COc1cccc([C@H]2CCN2CCC(=O)NC2CCCCCC2)c1. The average Bonchev–Trinajstić information content (AvgIpc) is 2.83. The Morgan fingerprint density at radius 3 is 2.67 bits per heavy atom. The number of hydrogen-bond donors (Lipinski definition) is 1. The number of amides is 1. The molecule has 1 aromatic rings. The molecule has 0 aromatic heterocycles. The van der Waals surface area contributed by atoms with Crippen LogP contribution in [0, 0.1) is 0 Å². The largest absolute Gasteiger partial charge is 0.497 e. The molecule has 4 nitrogen and oxygen atoms in total. The molecule has 3 rings (SSSR count). The number of hydrogen-bond acceptors (Lipinski definition) is 3. The van der Waals surface area contributed by atoms with Crippen LogP contribution < -0.4 is 10.1 Å². The van der Waals surface area contributed by atoms with Crippen molar-refractivity contribution in [3.63, 3.8) is 0 Å². The van der Waals surface area contributed by atoms with Crippen LogP contribution in [0.2, 0.25) is 0 Å². The first-order chi connectivity index (χ1) is 11.8. The Balaban J connectivity index is 1.45. The normalized spacial score (nSPS) is 22.5. The van der Waals surface area contributed by atoms with Crippen molar-refractivity contribution in [3.8, 4) is 5.75 Å². The minimum atomic E-state index is 0.221. The monoisotopic (exact) mass is 330 g/mol. The van der Waals surface area contributed by atoms with Crippen LogP contribution in [0.5, 0.6) is 5.75 Å². The summed E-state index contributed by atoms with van der Waals surface area (Å²) in [5.74, 6) is 1.13. The topological polar surface area (TPSA) is 41.6 Å². The highest BCUT2D eigenvalue weighted by atomic mass is 16.5. The van der Waals surface area contributed by atoms with Crippen molar-refractivity contribution in [2.75, 3.05) is 20.2 Å². The molecule has 1 saturated carbocycles. The van der Waals surface area contributed by atoms with Gasteiger partial charge >= 0.3 is 0 Å². The van der Waals surface area contributed by atoms with Crippen LogP contribution in [-0.4, -0.2) is 37.0 Å². The van der Waals surface area contributed by atoms with Crippen LogP contribution in [0.1, 0.15) is 63.0 Å². The van der Waals surface area contributed by atoms with Crippen LogP contribution in [0.15, 0.2) is 24.3 Å². The van der Waals surface area contributed by atoms with Crippen LogP contribution in [0.25, 0.3) is 0 Å². The van der Waals surface area contributed by atoms with Gasteiger partial charge in [0.25, 0.3) is 0 Å². The van der Waals surface area contributed by atoms with E-state index in [0.29, 0.717) is 18.5 Å². The first-order valence-electron chi connectivity index (χ1n) is 9.43. The Bertz CT molecular complexity index is 538. The lowest BCUT2D eigenvalue weighted by molar-refractivity contribution is -0.122. The number of rotatable bonds is 6. The molecule has 1 saturated heterocycles. The van der Waals surface area contributed by atoms with Gasteiger partial charge in [-0.2, -0.15) is 0 Å². The van der Waals surface area contributed by atoms with Crippen molar-refractivity contribution in [1.29, 1.82) is 0 Å². The number of benzene rings is 1. The van der Waals surface area contributed by atoms with Crippen LogP contribution >= 0.6 is 0 Å². The quantitative estimate of drug-likeness (QED) is 0.809. The van der Waals surface area contributed by atoms with Crippen molar-refractivity contribution < 1.29 is 9.53 Å². The van der Waals surface area contributed by atoms with Gasteiger partial charge in [0.2, 0.25) is 5.91 Å².